The molecule has 25 heavy (non-hydrogen) atoms. The van der Waals surface area contributed by atoms with Crippen molar-refractivity contribution in [3.05, 3.63) is 50.8 Å². The van der Waals surface area contributed by atoms with Crippen LogP contribution in [0.2, 0.25) is 0 Å². The minimum Gasteiger partial charge on any atom is -0.493 e. The zero-order valence-electron chi connectivity index (χ0n) is 14.7. The Morgan fingerprint density at radius 2 is 1.96 bits per heavy atom. The third-order valence-corrected chi connectivity index (χ3v) is 4.04. The molecule has 1 N–H and O–H groups in total. The van der Waals surface area contributed by atoms with Gasteiger partial charge in [0, 0.05) is 12.7 Å². The minimum atomic E-state index is -0.515. The summed E-state index contributed by atoms with van der Waals surface area (Å²) in [6.07, 6.45) is 0. The lowest BCUT2D eigenvalue weighted by Crippen LogP contribution is -2.23. The van der Waals surface area contributed by atoms with Crippen LogP contribution >= 0.6 is 0 Å². The van der Waals surface area contributed by atoms with E-state index in [4.69, 9.17) is 4.74 Å². The van der Waals surface area contributed by atoms with Crippen molar-refractivity contribution >= 4 is 11.4 Å². The molecule has 7 nitrogen and oxygen atoms in total. The molecule has 0 aliphatic carbocycles. The zero-order chi connectivity index (χ0) is 18.6. The summed E-state index contributed by atoms with van der Waals surface area (Å²) < 4.78 is 6.02. The number of pyridine rings is 1. The van der Waals surface area contributed by atoms with Gasteiger partial charge < -0.3 is 9.84 Å². The maximum atomic E-state index is 12.6. The van der Waals surface area contributed by atoms with Crippen LogP contribution in [-0.2, 0) is 11.3 Å². The number of aromatic nitrogens is 1. The highest BCUT2D eigenvalue weighted by molar-refractivity contribution is 5.56. The number of aromatic hydroxyl groups is 1. The van der Waals surface area contributed by atoms with Gasteiger partial charge in [0.05, 0.1) is 18.8 Å². The molecule has 0 aliphatic heterocycles. The van der Waals surface area contributed by atoms with E-state index in [2.05, 4.69) is 10.2 Å². The van der Waals surface area contributed by atoms with Gasteiger partial charge in [-0.25, -0.2) is 0 Å². The normalized spacial score (nSPS) is 11.0. The Kier molecular flexibility index (Phi) is 5.67. The summed E-state index contributed by atoms with van der Waals surface area (Å²) in [5.41, 5.74) is 2.62. The van der Waals surface area contributed by atoms with Gasteiger partial charge in [0.25, 0.3) is 5.56 Å². The highest BCUT2D eigenvalue weighted by Crippen LogP contribution is 2.27. The molecule has 0 atom stereocenters. The van der Waals surface area contributed by atoms with E-state index in [1.165, 1.54) is 7.11 Å². The van der Waals surface area contributed by atoms with Gasteiger partial charge in [-0.1, -0.05) is 6.07 Å². The second-order valence-electron chi connectivity index (χ2n) is 5.70. The molecule has 0 spiro atoms. The topological polar surface area (TPSA) is 100.0 Å². The molecule has 0 radical (unpaired) electrons. The zero-order valence-corrected chi connectivity index (χ0v) is 14.7. The lowest BCUT2D eigenvalue weighted by atomic mass is 10.1. The van der Waals surface area contributed by atoms with Crippen LogP contribution in [0.3, 0.4) is 0 Å². The fourth-order valence-corrected chi connectivity index (χ4v) is 2.34. The smallest absolute Gasteiger partial charge is 0.281 e. The van der Waals surface area contributed by atoms with Gasteiger partial charge in [0.1, 0.15) is 11.6 Å². The fraction of sp³-hybridized carbons (Fsp3) is 0.333. The Morgan fingerprint density at radius 3 is 2.56 bits per heavy atom. The summed E-state index contributed by atoms with van der Waals surface area (Å²) in [6.45, 7) is 5.85. The van der Waals surface area contributed by atoms with E-state index in [1.54, 1.807) is 13.0 Å². The molecule has 7 heteroatoms. The quantitative estimate of drug-likeness (QED) is 0.843. The molecule has 2 aromatic rings. The highest BCUT2D eigenvalue weighted by Gasteiger charge is 2.18. The summed E-state index contributed by atoms with van der Waals surface area (Å²) >= 11 is 0. The predicted octanol–water partition coefficient (Wildman–Crippen LogP) is 3.41. The van der Waals surface area contributed by atoms with Crippen molar-refractivity contribution in [1.29, 1.82) is 5.26 Å². The third kappa shape index (κ3) is 3.75. The van der Waals surface area contributed by atoms with Crippen molar-refractivity contribution in [1.82, 2.24) is 4.57 Å². The second-order valence-corrected chi connectivity index (χ2v) is 5.70. The molecule has 1 heterocycles. The number of aryl methyl sites for hydroxylation is 2. The predicted molar refractivity (Wildman–Crippen MR) is 93.8 cm³/mol. The van der Waals surface area contributed by atoms with Crippen molar-refractivity contribution in [3.8, 4) is 11.9 Å². The van der Waals surface area contributed by atoms with Gasteiger partial charge in [-0.3, -0.25) is 9.36 Å². The Hall–Kier alpha value is -2.98. The van der Waals surface area contributed by atoms with Crippen LogP contribution in [0.4, 0.5) is 11.4 Å². The number of methoxy groups -OCH3 is 1. The van der Waals surface area contributed by atoms with Crippen LogP contribution in [0.15, 0.2) is 33.2 Å². The summed E-state index contributed by atoms with van der Waals surface area (Å²) in [5.74, 6) is -0.382. The monoisotopic (exact) mass is 340 g/mol. The highest BCUT2D eigenvalue weighted by atomic mass is 16.5. The molecule has 0 aliphatic rings. The molecule has 1 aromatic heterocycles. The maximum Gasteiger partial charge on any atom is 0.281 e. The van der Waals surface area contributed by atoms with Crippen LogP contribution in [0.1, 0.15) is 22.3 Å². The number of rotatable bonds is 5. The lowest BCUT2D eigenvalue weighted by molar-refractivity contribution is 0.182. The molecular weight excluding hydrogens is 320 g/mol. The first-order valence-corrected chi connectivity index (χ1v) is 7.75. The summed E-state index contributed by atoms with van der Waals surface area (Å²) in [6, 6.07) is 7.50. The van der Waals surface area contributed by atoms with Crippen LogP contribution in [-0.4, -0.2) is 23.4 Å². The molecule has 0 fully saturated rings. The first-order valence-electron chi connectivity index (χ1n) is 7.75. The van der Waals surface area contributed by atoms with E-state index in [0.29, 0.717) is 11.3 Å². The van der Waals surface area contributed by atoms with Crippen molar-refractivity contribution in [2.45, 2.75) is 27.3 Å². The number of hydrogen-bond acceptors (Lipinski definition) is 6. The van der Waals surface area contributed by atoms with Gasteiger partial charge in [0.15, 0.2) is 5.69 Å². The number of ether oxygens (including phenoxy) is 1. The number of azo groups is 1. The Labute approximate surface area is 145 Å². The van der Waals surface area contributed by atoms with E-state index >= 15 is 0 Å². The van der Waals surface area contributed by atoms with Crippen LogP contribution in [0.5, 0.6) is 5.88 Å². The molecule has 0 saturated heterocycles. The van der Waals surface area contributed by atoms with E-state index in [0.717, 1.165) is 15.7 Å². The molecule has 0 amide bonds. The Morgan fingerprint density at radius 1 is 1.24 bits per heavy atom. The summed E-state index contributed by atoms with van der Waals surface area (Å²) in [5, 5.41) is 27.6. The van der Waals surface area contributed by atoms with E-state index in [1.807, 2.05) is 32.0 Å². The molecule has 1 aromatic carbocycles. The number of benzene rings is 1. The van der Waals surface area contributed by atoms with E-state index < -0.39 is 5.56 Å². The second kappa shape index (κ2) is 7.73. The third-order valence-electron chi connectivity index (χ3n) is 4.04. The Balaban J connectivity index is 2.56. The van der Waals surface area contributed by atoms with Crippen molar-refractivity contribution < 1.29 is 9.84 Å². The fourth-order valence-electron chi connectivity index (χ4n) is 2.34. The van der Waals surface area contributed by atoms with Crippen molar-refractivity contribution in [2.24, 2.45) is 10.2 Å². The molecule has 0 bridgehead atoms. The summed E-state index contributed by atoms with van der Waals surface area (Å²) in [7, 11) is 1.49. The summed E-state index contributed by atoms with van der Waals surface area (Å²) in [4.78, 5) is 12.6. The van der Waals surface area contributed by atoms with Gasteiger partial charge in [-0.15, -0.1) is 5.11 Å². The van der Waals surface area contributed by atoms with Crippen LogP contribution < -0.4 is 5.56 Å². The largest absolute Gasteiger partial charge is 0.493 e. The average Bonchev–Trinajstić information content (AvgIpc) is 2.58. The molecular formula is C18H20N4O3. The number of hydrogen-bond donors (Lipinski definition) is 1. The van der Waals surface area contributed by atoms with Crippen molar-refractivity contribution in [2.75, 3.05) is 13.7 Å². The average molecular weight is 340 g/mol. The van der Waals surface area contributed by atoms with E-state index in [9.17, 15) is 15.2 Å². The molecule has 130 valence electrons. The van der Waals surface area contributed by atoms with Gasteiger partial charge in [0.2, 0.25) is 5.88 Å². The van der Waals surface area contributed by atoms with Crippen LogP contribution in [0.25, 0.3) is 0 Å². The maximum absolute atomic E-state index is 12.6. The molecule has 0 saturated carbocycles. The standard InChI is InChI=1S/C18H20N4O3/c1-11-5-6-14(9-12(11)2)20-21-16-13(3)15(10-19)17(23)22(18(16)24)7-8-25-4/h5-6,9,23H,7-8H2,1-4H3. The Bertz CT molecular complexity index is 923. The van der Waals surface area contributed by atoms with Crippen LogP contribution in [0, 0.1) is 32.1 Å². The molecule has 2 rings (SSSR count). The van der Waals surface area contributed by atoms with Gasteiger partial charge >= 0.3 is 0 Å². The number of nitrogens with zero attached hydrogens (tertiary/aromatic N) is 4. The number of nitriles is 1. The first-order chi connectivity index (χ1) is 11.9. The molecule has 0 unspecified atom stereocenters. The lowest BCUT2D eigenvalue weighted by Gasteiger charge is -2.12. The van der Waals surface area contributed by atoms with E-state index in [-0.39, 0.29) is 30.3 Å². The van der Waals surface area contributed by atoms with Gasteiger partial charge in [-0.05, 0) is 44.0 Å². The minimum absolute atomic E-state index is 0.00439. The van der Waals surface area contributed by atoms with Gasteiger partial charge in [-0.2, -0.15) is 10.4 Å². The van der Waals surface area contributed by atoms with Crippen molar-refractivity contribution in [3.63, 3.8) is 0 Å². The SMILES string of the molecule is COCCn1c(O)c(C#N)c(C)c(N=Nc2ccc(C)c(C)c2)c1=O. The first kappa shape index (κ1) is 18.4.